The van der Waals surface area contributed by atoms with Gasteiger partial charge in [-0.1, -0.05) is 121 Å². The van der Waals surface area contributed by atoms with E-state index in [2.05, 4.69) is 179 Å². The summed E-state index contributed by atoms with van der Waals surface area (Å²) in [6.45, 7) is 0. The SMILES string of the molecule is c1ccc(-n2c3ccccc3c3c(-c4ccc5c6ccccc6n(-c6ccccc6-c6ccc7c(c6)oc6ccccc67)c5c4)cccc32)cc1. The van der Waals surface area contributed by atoms with Gasteiger partial charge in [0.1, 0.15) is 11.2 Å². The molecule has 0 aliphatic carbocycles. The third-order valence-electron chi connectivity index (χ3n) is 10.5. The van der Waals surface area contributed by atoms with Crippen LogP contribution in [0.2, 0.25) is 0 Å². The van der Waals surface area contributed by atoms with Crippen molar-refractivity contribution in [2.24, 2.45) is 0 Å². The van der Waals surface area contributed by atoms with Gasteiger partial charge in [0.25, 0.3) is 0 Å². The van der Waals surface area contributed by atoms with Crippen molar-refractivity contribution in [1.82, 2.24) is 9.13 Å². The first kappa shape index (κ1) is 28.0. The molecule has 0 aliphatic heterocycles. The predicted molar refractivity (Wildman–Crippen MR) is 213 cm³/mol. The van der Waals surface area contributed by atoms with E-state index in [1.165, 1.54) is 54.7 Å². The van der Waals surface area contributed by atoms with Gasteiger partial charge in [0.15, 0.2) is 0 Å². The summed E-state index contributed by atoms with van der Waals surface area (Å²) in [4.78, 5) is 0. The first-order valence-corrected chi connectivity index (χ1v) is 17.4. The second-order valence-corrected chi connectivity index (χ2v) is 13.3. The molecule has 0 bridgehead atoms. The first-order valence-electron chi connectivity index (χ1n) is 17.4. The smallest absolute Gasteiger partial charge is 0.136 e. The van der Waals surface area contributed by atoms with Gasteiger partial charge >= 0.3 is 0 Å². The van der Waals surface area contributed by atoms with Crippen LogP contribution < -0.4 is 0 Å². The fraction of sp³-hybridized carbons (Fsp3) is 0. The zero-order valence-electron chi connectivity index (χ0n) is 27.6. The zero-order chi connectivity index (χ0) is 33.5. The topological polar surface area (TPSA) is 23.0 Å². The molecule has 0 saturated carbocycles. The van der Waals surface area contributed by atoms with Crippen LogP contribution >= 0.6 is 0 Å². The van der Waals surface area contributed by atoms with Crippen LogP contribution in [0.1, 0.15) is 0 Å². The van der Waals surface area contributed by atoms with Gasteiger partial charge in [-0.25, -0.2) is 0 Å². The summed E-state index contributed by atoms with van der Waals surface area (Å²) in [7, 11) is 0. The minimum atomic E-state index is 0.899. The summed E-state index contributed by atoms with van der Waals surface area (Å²) in [5.41, 5.74) is 13.6. The van der Waals surface area contributed by atoms with Crippen LogP contribution in [0.3, 0.4) is 0 Å². The van der Waals surface area contributed by atoms with Crippen molar-refractivity contribution in [3.63, 3.8) is 0 Å². The van der Waals surface area contributed by atoms with Gasteiger partial charge in [-0.3, -0.25) is 0 Å². The number of benzene rings is 8. The van der Waals surface area contributed by atoms with Crippen LogP contribution in [0.25, 0.3) is 99.2 Å². The highest BCUT2D eigenvalue weighted by Gasteiger charge is 2.20. The molecule has 11 rings (SSSR count). The van der Waals surface area contributed by atoms with E-state index in [1.54, 1.807) is 0 Å². The molecule has 0 unspecified atom stereocenters. The molecule has 0 aliphatic rings. The zero-order valence-corrected chi connectivity index (χ0v) is 27.6. The number of furan rings is 1. The van der Waals surface area contributed by atoms with E-state index in [-0.39, 0.29) is 0 Å². The molecular weight excluding hydrogens is 621 g/mol. The molecule has 0 radical (unpaired) electrons. The van der Waals surface area contributed by atoms with E-state index in [4.69, 9.17) is 4.42 Å². The number of rotatable bonds is 4. The molecule has 8 aromatic carbocycles. The Morgan fingerprint density at radius 2 is 0.922 bits per heavy atom. The van der Waals surface area contributed by atoms with Crippen molar-refractivity contribution in [1.29, 1.82) is 0 Å². The minimum absolute atomic E-state index is 0.899. The fourth-order valence-corrected chi connectivity index (χ4v) is 8.32. The van der Waals surface area contributed by atoms with Crippen LogP contribution in [0, 0.1) is 0 Å². The van der Waals surface area contributed by atoms with E-state index in [1.807, 2.05) is 12.1 Å². The van der Waals surface area contributed by atoms with Gasteiger partial charge < -0.3 is 13.6 Å². The molecule has 0 atom stereocenters. The molecule has 3 nitrogen and oxygen atoms in total. The number of fused-ring (bicyclic) bond motifs is 9. The average Bonchev–Trinajstić information content (AvgIpc) is 3.85. The lowest BCUT2D eigenvalue weighted by molar-refractivity contribution is 0.669. The molecule has 0 N–H and O–H groups in total. The Hall–Kier alpha value is -6.84. The van der Waals surface area contributed by atoms with Crippen LogP contribution in [-0.2, 0) is 0 Å². The van der Waals surface area contributed by atoms with Crippen LogP contribution in [0.15, 0.2) is 186 Å². The Morgan fingerprint density at radius 3 is 1.78 bits per heavy atom. The van der Waals surface area contributed by atoms with Gasteiger partial charge in [-0.15, -0.1) is 0 Å². The Balaban J connectivity index is 1.16. The molecule has 0 amide bonds. The molecular formula is C48H30N2O. The van der Waals surface area contributed by atoms with Crippen molar-refractivity contribution in [3.8, 4) is 33.6 Å². The van der Waals surface area contributed by atoms with E-state index in [0.717, 1.165) is 44.4 Å². The minimum Gasteiger partial charge on any atom is -0.456 e. The normalized spacial score (nSPS) is 11.9. The Kier molecular flexibility index (Phi) is 5.96. The molecule has 3 heterocycles. The number of para-hydroxylation sites is 5. The third-order valence-corrected chi connectivity index (χ3v) is 10.5. The molecule has 0 spiro atoms. The highest BCUT2D eigenvalue weighted by Crippen LogP contribution is 2.42. The lowest BCUT2D eigenvalue weighted by Gasteiger charge is -2.15. The van der Waals surface area contributed by atoms with Gasteiger partial charge in [0.2, 0.25) is 0 Å². The quantitative estimate of drug-likeness (QED) is 0.186. The molecule has 11 aromatic rings. The lowest BCUT2D eigenvalue weighted by atomic mass is 9.98. The maximum atomic E-state index is 6.34. The van der Waals surface area contributed by atoms with Crippen molar-refractivity contribution >= 4 is 65.6 Å². The molecule has 51 heavy (non-hydrogen) atoms. The maximum absolute atomic E-state index is 6.34. The molecule has 3 aromatic heterocycles. The van der Waals surface area contributed by atoms with E-state index in [9.17, 15) is 0 Å². The van der Waals surface area contributed by atoms with Crippen LogP contribution in [0.4, 0.5) is 0 Å². The largest absolute Gasteiger partial charge is 0.456 e. The van der Waals surface area contributed by atoms with Crippen molar-refractivity contribution in [2.45, 2.75) is 0 Å². The highest BCUT2D eigenvalue weighted by molar-refractivity contribution is 6.17. The molecule has 238 valence electrons. The summed E-state index contributed by atoms with van der Waals surface area (Å²) < 4.78 is 11.2. The summed E-state index contributed by atoms with van der Waals surface area (Å²) >= 11 is 0. The first-order chi connectivity index (χ1) is 25.3. The number of nitrogens with zero attached hydrogens (tertiary/aromatic N) is 2. The monoisotopic (exact) mass is 650 g/mol. The maximum Gasteiger partial charge on any atom is 0.136 e. The number of hydrogen-bond donors (Lipinski definition) is 0. The fourth-order valence-electron chi connectivity index (χ4n) is 8.32. The van der Waals surface area contributed by atoms with Crippen LogP contribution in [0.5, 0.6) is 0 Å². The third kappa shape index (κ3) is 4.12. The van der Waals surface area contributed by atoms with E-state index in [0.29, 0.717) is 0 Å². The number of aromatic nitrogens is 2. The molecule has 3 heteroatoms. The van der Waals surface area contributed by atoms with Crippen molar-refractivity contribution in [3.05, 3.63) is 182 Å². The standard InChI is InChI=1S/C48H30N2O/c1-2-13-33(14-3-1)49-43-22-10-6-18-40(43)48-35(19-12-23-44(48)49)31-25-27-37-36-16-5-9-21-42(36)50(45(37)29-31)41-20-8-4-15-34(41)32-26-28-39-38-17-7-11-24-46(38)51-47(39)30-32/h1-30H. The summed E-state index contributed by atoms with van der Waals surface area (Å²) in [5.74, 6) is 0. The van der Waals surface area contributed by atoms with E-state index < -0.39 is 0 Å². The van der Waals surface area contributed by atoms with Gasteiger partial charge in [0, 0.05) is 43.6 Å². The van der Waals surface area contributed by atoms with Crippen LogP contribution in [-0.4, -0.2) is 9.13 Å². The average molecular weight is 651 g/mol. The summed E-state index contributed by atoms with van der Waals surface area (Å²) in [6.07, 6.45) is 0. The van der Waals surface area contributed by atoms with Gasteiger partial charge in [-0.2, -0.15) is 0 Å². The van der Waals surface area contributed by atoms with Crippen molar-refractivity contribution < 1.29 is 4.42 Å². The Labute approximate surface area is 293 Å². The Morgan fingerprint density at radius 1 is 0.333 bits per heavy atom. The predicted octanol–water partition coefficient (Wildman–Crippen LogP) is 13.1. The second kappa shape index (κ2) is 10.8. The Bertz CT molecular complexity index is 3140. The molecule has 0 saturated heterocycles. The summed E-state index contributed by atoms with van der Waals surface area (Å²) in [6, 6.07) is 65.5. The molecule has 0 fully saturated rings. The van der Waals surface area contributed by atoms with Crippen molar-refractivity contribution in [2.75, 3.05) is 0 Å². The van der Waals surface area contributed by atoms with E-state index >= 15 is 0 Å². The second-order valence-electron chi connectivity index (χ2n) is 13.3. The van der Waals surface area contributed by atoms with Gasteiger partial charge in [0.05, 0.1) is 27.8 Å². The lowest BCUT2D eigenvalue weighted by Crippen LogP contribution is -1.97. The highest BCUT2D eigenvalue weighted by atomic mass is 16.3. The van der Waals surface area contributed by atoms with Gasteiger partial charge in [-0.05, 0) is 77.4 Å². The number of hydrogen-bond acceptors (Lipinski definition) is 1. The summed E-state index contributed by atoms with van der Waals surface area (Å²) in [5, 5.41) is 7.26.